The van der Waals surface area contributed by atoms with Crippen molar-refractivity contribution in [3.05, 3.63) is 127 Å². The van der Waals surface area contributed by atoms with Gasteiger partial charge in [0.1, 0.15) is 17.1 Å². The Morgan fingerprint density at radius 1 is 0.694 bits per heavy atom. The van der Waals surface area contributed by atoms with Crippen LogP contribution in [0.25, 0.3) is 50.2 Å². The van der Waals surface area contributed by atoms with Gasteiger partial charge in [-0.25, -0.2) is 0 Å². The average Bonchev–Trinajstić information content (AvgIpc) is 3.28. The van der Waals surface area contributed by atoms with Gasteiger partial charge in [-0.05, 0) is 42.3 Å². The number of nitrogens with zero attached hydrogens (tertiary/aromatic N) is 2. The number of pyridine rings is 2. The Balaban J connectivity index is 1.37. The summed E-state index contributed by atoms with van der Waals surface area (Å²) >= 11 is 0. The summed E-state index contributed by atoms with van der Waals surface area (Å²) in [7, 11) is 0. The van der Waals surface area contributed by atoms with Crippen molar-refractivity contribution in [2.75, 3.05) is 0 Å². The molecule has 3 aromatic carbocycles. The van der Waals surface area contributed by atoms with Crippen LogP contribution in [0.5, 0.6) is 0 Å². The number of furan rings is 1. The highest BCUT2D eigenvalue weighted by Crippen LogP contribution is 2.49. The summed E-state index contributed by atoms with van der Waals surface area (Å²) in [6.07, 6.45) is 6.83. The molecule has 3 aromatic heterocycles. The number of rotatable bonds is 2. The summed E-state index contributed by atoms with van der Waals surface area (Å²) in [6, 6.07) is 34.9. The van der Waals surface area contributed by atoms with Crippen LogP contribution in [0.4, 0.5) is 0 Å². The van der Waals surface area contributed by atoms with Crippen molar-refractivity contribution in [2.45, 2.75) is 18.9 Å². The van der Waals surface area contributed by atoms with Gasteiger partial charge in [0.25, 0.3) is 0 Å². The summed E-state index contributed by atoms with van der Waals surface area (Å²) < 4.78 is 11.3. The maximum atomic E-state index is 6.48. The fraction of sp³-hybridized carbons (Fsp3) is 0.0909. The molecule has 1 aliphatic carbocycles. The number of benzene rings is 3. The summed E-state index contributed by atoms with van der Waals surface area (Å²) in [5, 5.41) is 2.32. The molecule has 0 spiro atoms. The average molecular weight is 465 g/mol. The Morgan fingerprint density at radius 3 is 2.42 bits per heavy atom. The van der Waals surface area contributed by atoms with Gasteiger partial charge in [0.05, 0.1) is 17.2 Å². The molecule has 8 rings (SSSR count). The minimum Gasteiger partial charge on any atom is -0.455 e. The Kier molecular flexibility index (Phi) is 3.98. The molecule has 2 atom stereocenters. The third-order valence-electron chi connectivity index (χ3n) is 7.93. The number of allylic oxidation sites excluding steroid dienone is 2. The number of aromatic nitrogens is 2. The zero-order chi connectivity index (χ0) is 23.8. The Bertz CT molecular complexity index is 1880. The number of hydrogen-bond acceptors (Lipinski definition) is 1. The zero-order valence-corrected chi connectivity index (χ0v) is 19.9. The van der Waals surface area contributed by atoms with E-state index in [-0.39, 0.29) is 0 Å². The lowest BCUT2D eigenvalue weighted by Gasteiger charge is -2.33. The molecule has 0 saturated carbocycles. The van der Waals surface area contributed by atoms with E-state index in [2.05, 4.69) is 126 Å². The van der Waals surface area contributed by atoms with Crippen LogP contribution in [0.2, 0.25) is 0 Å². The molecule has 2 aliphatic rings. The Morgan fingerprint density at radius 2 is 1.47 bits per heavy atom. The molecule has 3 nitrogen and oxygen atoms in total. The van der Waals surface area contributed by atoms with E-state index in [1.807, 2.05) is 6.07 Å². The maximum absolute atomic E-state index is 6.48. The number of hydrogen-bond donors (Lipinski definition) is 0. The highest BCUT2D eigenvalue weighted by Gasteiger charge is 2.52. The van der Waals surface area contributed by atoms with Crippen molar-refractivity contribution in [1.82, 2.24) is 0 Å². The zero-order valence-electron chi connectivity index (χ0n) is 19.9. The smallest absolute Gasteiger partial charge is 0.222 e. The normalized spacial score (nSPS) is 17.8. The van der Waals surface area contributed by atoms with Crippen LogP contribution in [-0.2, 0) is 0 Å². The molecule has 1 aliphatic heterocycles. The molecule has 0 bridgehead atoms. The van der Waals surface area contributed by atoms with Crippen molar-refractivity contribution < 1.29 is 13.6 Å². The molecule has 0 amide bonds. The largest absolute Gasteiger partial charge is 0.455 e. The van der Waals surface area contributed by atoms with Gasteiger partial charge in [0.2, 0.25) is 17.1 Å². The van der Waals surface area contributed by atoms with Crippen LogP contribution < -0.4 is 9.13 Å². The predicted molar refractivity (Wildman–Crippen MR) is 142 cm³/mol. The molecule has 0 saturated heterocycles. The summed E-state index contributed by atoms with van der Waals surface area (Å²) in [5.74, 6) is 0.294. The predicted octanol–water partition coefficient (Wildman–Crippen LogP) is 7.00. The van der Waals surface area contributed by atoms with Crippen molar-refractivity contribution in [2.24, 2.45) is 0 Å². The first kappa shape index (κ1) is 19.8. The summed E-state index contributed by atoms with van der Waals surface area (Å²) in [5.41, 5.74) is 10.7. The second kappa shape index (κ2) is 7.25. The van der Waals surface area contributed by atoms with Crippen LogP contribution in [0, 0.1) is 6.92 Å². The van der Waals surface area contributed by atoms with Gasteiger partial charge in [0.15, 0.2) is 18.4 Å². The Labute approximate surface area is 209 Å². The highest BCUT2D eigenvalue weighted by molar-refractivity contribution is 6.09. The van der Waals surface area contributed by atoms with Gasteiger partial charge in [-0.3, -0.25) is 0 Å². The number of fused-ring (bicyclic) bond motifs is 9. The molecule has 3 heteroatoms. The van der Waals surface area contributed by atoms with Gasteiger partial charge in [-0.1, -0.05) is 48.5 Å². The summed E-state index contributed by atoms with van der Waals surface area (Å²) in [6.45, 7) is 2.18. The first-order chi connectivity index (χ1) is 17.8. The van der Waals surface area contributed by atoms with E-state index in [0.717, 1.165) is 33.2 Å². The lowest BCUT2D eigenvalue weighted by Crippen LogP contribution is -2.55. The van der Waals surface area contributed by atoms with E-state index in [1.165, 1.54) is 28.1 Å². The van der Waals surface area contributed by atoms with Crippen molar-refractivity contribution >= 4 is 27.6 Å². The van der Waals surface area contributed by atoms with Gasteiger partial charge in [-0.2, -0.15) is 9.13 Å². The van der Waals surface area contributed by atoms with Gasteiger partial charge >= 0.3 is 0 Å². The minimum atomic E-state index is 0.294. The van der Waals surface area contributed by atoms with Crippen LogP contribution in [0.1, 0.15) is 23.1 Å². The van der Waals surface area contributed by atoms with Gasteiger partial charge < -0.3 is 4.42 Å². The lowest BCUT2D eigenvalue weighted by atomic mass is 9.73. The van der Waals surface area contributed by atoms with Crippen LogP contribution >= 0.6 is 0 Å². The minimum absolute atomic E-state index is 0.294. The topological polar surface area (TPSA) is 20.9 Å². The molecular formula is C33H24N2O+2. The van der Waals surface area contributed by atoms with E-state index in [1.54, 1.807) is 0 Å². The lowest BCUT2D eigenvalue weighted by molar-refractivity contribution is -0.715. The van der Waals surface area contributed by atoms with Crippen molar-refractivity contribution in [3.8, 4) is 22.5 Å². The summed E-state index contributed by atoms with van der Waals surface area (Å²) in [4.78, 5) is 0. The third-order valence-corrected chi connectivity index (χ3v) is 7.93. The Hall–Kier alpha value is -4.50. The molecule has 4 heterocycles. The third kappa shape index (κ3) is 2.57. The van der Waals surface area contributed by atoms with E-state index in [0.29, 0.717) is 12.0 Å². The van der Waals surface area contributed by atoms with Crippen LogP contribution in [-0.4, -0.2) is 0 Å². The number of para-hydroxylation sites is 1. The fourth-order valence-electron chi connectivity index (χ4n) is 6.27. The van der Waals surface area contributed by atoms with E-state index in [9.17, 15) is 0 Å². The molecular weight excluding hydrogens is 440 g/mol. The van der Waals surface area contributed by atoms with Crippen molar-refractivity contribution in [3.63, 3.8) is 0 Å². The monoisotopic (exact) mass is 464 g/mol. The SMILES string of the molecule is Cc1ccc2c(oc3ccccc32)c1-c1cccc[n+]1C1=CC2C1c1ccccc1-c1cccc[n+]12. The molecule has 36 heavy (non-hydrogen) atoms. The fourth-order valence-corrected chi connectivity index (χ4v) is 6.27. The van der Waals surface area contributed by atoms with Gasteiger partial charge in [-0.15, -0.1) is 0 Å². The van der Waals surface area contributed by atoms with E-state index < -0.39 is 0 Å². The molecule has 0 N–H and O–H groups in total. The van der Waals surface area contributed by atoms with E-state index in [4.69, 9.17) is 4.42 Å². The first-order valence-corrected chi connectivity index (χ1v) is 12.5. The number of aryl methyl sites for hydroxylation is 1. The molecule has 6 aromatic rings. The molecule has 170 valence electrons. The maximum Gasteiger partial charge on any atom is 0.222 e. The molecule has 2 unspecified atom stereocenters. The van der Waals surface area contributed by atoms with Crippen LogP contribution in [0.15, 0.2) is 120 Å². The first-order valence-electron chi connectivity index (χ1n) is 12.5. The quantitative estimate of drug-likeness (QED) is 0.253. The van der Waals surface area contributed by atoms with E-state index >= 15 is 0 Å². The second-order valence-electron chi connectivity index (χ2n) is 9.83. The van der Waals surface area contributed by atoms with Crippen LogP contribution in [0.3, 0.4) is 0 Å². The molecule has 0 fully saturated rings. The van der Waals surface area contributed by atoms with Gasteiger partial charge in [0, 0.05) is 35.0 Å². The standard InChI is InChI=1S/C33H24N2O/c1-21-16-17-25-23-11-4-5-15-30(23)36-33(25)31(21)27-14-7-9-19-35(27)29-20-28-32(29)24-12-3-2-10-22(24)26-13-6-8-18-34(26)28/h2-20,28,32H,1H3/q+2. The second-order valence-corrected chi connectivity index (χ2v) is 9.83. The molecule has 0 radical (unpaired) electrons. The van der Waals surface area contributed by atoms with Crippen molar-refractivity contribution in [1.29, 1.82) is 0 Å². The highest BCUT2D eigenvalue weighted by atomic mass is 16.3.